The van der Waals surface area contributed by atoms with Gasteiger partial charge < -0.3 is 0 Å². The molecule has 24 heavy (non-hydrogen) atoms. The van der Waals surface area contributed by atoms with Crippen molar-refractivity contribution in [1.82, 2.24) is 19.7 Å². The van der Waals surface area contributed by atoms with Crippen LogP contribution in [0.5, 0.6) is 0 Å². The van der Waals surface area contributed by atoms with Crippen LogP contribution in [0, 0.1) is 10.1 Å². The van der Waals surface area contributed by atoms with Gasteiger partial charge in [0, 0.05) is 17.7 Å². The Labute approximate surface area is 140 Å². The number of fused-ring (bicyclic) bond motifs is 1. The Bertz CT molecular complexity index is 1010. The Hall–Kier alpha value is -3.13. The third-order valence-corrected chi connectivity index (χ3v) is 4.51. The molecule has 0 spiro atoms. The number of nitro groups is 1. The van der Waals surface area contributed by atoms with E-state index in [2.05, 4.69) is 15.1 Å². The summed E-state index contributed by atoms with van der Waals surface area (Å²) in [6.45, 7) is 0.515. The summed E-state index contributed by atoms with van der Waals surface area (Å²) >= 11 is 1.61. The van der Waals surface area contributed by atoms with Crippen LogP contribution in [0.15, 0.2) is 54.9 Å². The molecule has 118 valence electrons. The Morgan fingerprint density at radius 1 is 1.17 bits per heavy atom. The first-order chi connectivity index (χ1) is 11.7. The van der Waals surface area contributed by atoms with E-state index in [1.165, 1.54) is 12.1 Å². The molecule has 8 heteroatoms. The molecular formula is C16H11N5O2S. The molecule has 0 aliphatic rings. The zero-order chi connectivity index (χ0) is 16.5. The van der Waals surface area contributed by atoms with E-state index in [1.54, 1.807) is 34.5 Å². The predicted octanol–water partition coefficient (Wildman–Crippen LogP) is 3.51. The molecule has 0 aliphatic carbocycles. The number of nitro benzene ring substituents is 1. The molecule has 2 aromatic carbocycles. The van der Waals surface area contributed by atoms with Crippen molar-refractivity contribution >= 4 is 27.2 Å². The summed E-state index contributed by atoms with van der Waals surface area (Å²) in [4.78, 5) is 19.3. The van der Waals surface area contributed by atoms with Crippen LogP contribution in [-0.4, -0.2) is 24.7 Å². The molecule has 4 aromatic rings. The fourth-order valence-corrected chi connectivity index (χ4v) is 3.35. The quantitative estimate of drug-likeness (QED) is 0.420. The first-order valence-corrected chi connectivity index (χ1v) is 7.99. The van der Waals surface area contributed by atoms with Crippen LogP contribution in [0.2, 0.25) is 0 Å². The van der Waals surface area contributed by atoms with Crippen LogP contribution in [0.1, 0.15) is 5.01 Å². The second-order valence-corrected chi connectivity index (χ2v) is 6.26. The van der Waals surface area contributed by atoms with Gasteiger partial charge in [-0.1, -0.05) is 24.3 Å². The second kappa shape index (κ2) is 5.82. The standard InChI is InChI=1S/C16H11N5O2S/c22-21(23)12-5-3-4-11(8-12)16-17-10-20(19-16)9-15-18-13-6-1-2-7-14(13)24-15/h1-8,10H,9H2. The van der Waals surface area contributed by atoms with E-state index in [0.29, 0.717) is 17.9 Å². The van der Waals surface area contributed by atoms with Gasteiger partial charge in [0.1, 0.15) is 11.3 Å². The van der Waals surface area contributed by atoms with Crippen molar-refractivity contribution in [1.29, 1.82) is 0 Å². The number of para-hydroxylation sites is 1. The second-order valence-electron chi connectivity index (χ2n) is 5.15. The van der Waals surface area contributed by atoms with Crippen molar-refractivity contribution in [2.24, 2.45) is 0 Å². The highest BCUT2D eigenvalue weighted by atomic mass is 32.1. The Morgan fingerprint density at radius 2 is 2.04 bits per heavy atom. The van der Waals surface area contributed by atoms with Gasteiger partial charge in [-0.25, -0.2) is 14.6 Å². The molecule has 0 fully saturated rings. The number of hydrogen-bond acceptors (Lipinski definition) is 6. The number of aromatic nitrogens is 4. The summed E-state index contributed by atoms with van der Waals surface area (Å²) in [5, 5.41) is 16.2. The van der Waals surface area contributed by atoms with Crippen LogP contribution in [0.25, 0.3) is 21.6 Å². The predicted molar refractivity (Wildman–Crippen MR) is 90.8 cm³/mol. The summed E-state index contributed by atoms with van der Waals surface area (Å²) < 4.78 is 2.82. The van der Waals surface area contributed by atoms with Gasteiger partial charge in [0.2, 0.25) is 0 Å². The summed E-state index contributed by atoms with van der Waals surface area (Å²) in [7, 11) is 0. The molecule has 4 rings (SSSR count). The Morgan fingerprint density at radius 3 is 2.88 bits per heavy atom. The number of hydrogen-bond donors (Lipinski definition) is 0. The lowest BCUT2D eigenvalue weighted by molar-refractivity contribution is -0.384. The lowest BCUT2D eigenvalue weighted by Gasteiger charge is -1.97. The third kappa shape index (κ3) is 2.74. The van der Waals surface area contributed by atoms with Crippen LogP contribution in [0.3, 0.4) is 0 Å². The summed E-state index contributed by atoms with van der Waals surface area (Å²) in [5.74, 6) is 0.458. The van der Waals surface area contributed by atoms with Crippen LogP contribution in [0.4, 0.5) is 5.69 Å². The maximum atomic E-state index is 10.9. The zero-order valence-electron chi connectivity index (χ0n) is 12.4. The van der Waals surface area contributed by atoms with Gasteiger partial charge in [0.25, 0.3) is 5.69 Å². The van der Waals surface area contributed by atoms with Gasteiger partial charge in [0.15, 0.2) is 5.82 Å². The van der Waals surface area contributed by atoms with E-state index in [1.807, 2.05) is 24.3 Å². The molecule has 0 radical (unpaired) electrons. The van der Waals surface area contributed by atoms with Crippen LogP contribution >= 0.6 is 11.3 Å². The Kier molecular flexibility index (Phi) is 3.51. The number of non-ortho nitro benzene ring substituents is 1. The highest BCUT2D eigenvalue weighted by Gasteiger charge is 2.11. The number of thiazole rings is 1. The minimum absolute atomic E-state index is 0.0232. The molecule has 0 saturated heterocycles. The minimum atomic E-state index is -0.429. The normalized spacial score (nSPS) is 11.0. The monoisotopic (exact) mass is 337 g/mol. The molecule has 0 saturated carbocycles. The molecular weight excluding hydrogens is 326 g/mol. The van der Waals surface area contributed by atoms with E-state index in [0.717, 1.165) is 15.2 Å². The summed E-state index contributed by atoms with van der Waals surface area (Å²) in [5.41, 5.74) is 1.61. The van der Waals surface area contributed by atoms with E-state index < -0.39 is 4.92 Å². The molecule has 0 aliphatic heterocycles. The largest absolute Gasteiger partial charge is 0.270 e. The smallest absolute Gasteiger partial charge is 0.258 e. The maximum Gasteiger partial charge on any atom is 0.270 e. The van der Waals surface area contributed by atoms with E-state index >= 15 is 0 Å². The van der Waals surface area contributed by atoms with Gasteiger partial charge in [0.05, 0.1) is 21.7 Å². The first kappa shape index (κ1) is 14.5. The van der Waals surface area contributed by atoms with Crippen molar-refractivity contribution in [3.05, 3.63) is 70.0 Å². The van der Waals surface area contributed by atoms with Gasteiger partial charge in [-0.3, -0.25) is 10.1 Å². The highest BCUT2D eigenvalue weighted by Crippen LogP contribution is 2.23. The van der Waals surface area contributed by atoms with E-state index in [9.17, 15) is 10.1 Å². The van der Waals surface area contributed by atoms with Gasteiger partial charge >= 0.3 is 0 Å². The minimum Gasteiger partial charge on any atom is -0.258 e. The van der Waals surface area contributed by atoms with Gasteiger partial charge in [-0.2, -0.15) is 5.10 Å². The van der Waals surface area contributed by atoms with Gasteiger partial charge in [-0.15, -0.1) is 11.3 Å². The average molecular weight is 337 g/mol. The molecule has 0 amide bonds. The van der Waals surface area contributed by atoms with Crippen LogP contribution in [-0.2, 0) is 6.54 Å². The van der Waals surface area contributed by atoms with Gasteiger partial charge in [-0.05, 0) is 12.1 Å². The lowest BCUT2D eigenvalue weighted by atomic mass is 10.2. The number of rotatable bonds is 4. The molecule has 2 heterocycles. The van der Waals surface area contributed by atoms with Crippen molar-refractivity contribution < 1.29 is 4.92 Å². The molecule has 2 aromatic heterocycles. The SMILES string of the molecule is O=[N+]([O-])c1cccc(-c2ncn(Cc3nc4ccccc4s3)n2)c1. The van der Waals surface area contributed by atoms with Crippen molar-refractivity contribution in [2.45, 2.75) is 6.54 Å². The topological polar surface area (TPSA) is 86.7 Å². The van der Waals surface area contributed by atoms with Crippen molar-refractivity contribution in [3.63, 3.8) is 0 Å². The molecule has 0 bridgehead atoms. The molecule has 0 unspecified atom stereocenters. The number of benzene rings is 2. The average Bonchev–Trinajstić information content (AvgIpc) is 3.21. The molecule has 7 nitrogen and oxygen atoms in total. The third-order valence-electron chi connectivity index (χ3n) is 3.49. The summed E-state index contributed by atoms with van der Waals surface area (Å²) in [6, 6.07) is 14.3. The zero-order valence-corrected chi connectivity index (χ0v) is 13.2. The lowest BCUT2D eigenvalue weighted by Crippen LogP contribution is -1.99. The first-order valence-electron chi connectivity index (χ1n) is 7.18. The number of nitrogens with zero attached hydrogens (tertiary/aromatic N) is 5. The highest BCUT2D eigenvalue weighted by molar-refractivity contribution is 7.18. The van der Waals surface area contributed by atoms with E-state index in [-0.39, 0.29) is 5.69 Å². The van der Waals surface area contributed by atoms with E-state index in [4.69, 9.17) is 0 Å². The molecule has 0 N–H and O–H groups in total. The summed E-state index contributed by atoms with van der Waals surface area (Å²) in [6.07, 6.45) is 1.61. The van der Waals surface area contributed by atoms with Crippen LogP contribution < -0.4 is 0 Å². The fourth-order valence-electron chi connectivity index (χ4n) is 2.39. The maximum absolute atomic E-state index is 10.9. The van der Waals surface area contributed by atoms with Crippen molar-refractivity contribution in [3.8, 4) is 11.4 Å². The molecule has 0 atom stereocenters. The Balaban J connectivity index is 1.60. The fraction of sp³-hybridized carbons (Fsp3) is 0.0625. The van der Waals surface area contributed by atoms with Crippen molar-refractivity contribution in [2.75, 3.05) is 0 Å².